The van der Waals surface area contributed by atoms with Gasteiger partial charge in [0.2, 0.25) is 0 Å². The highest BCUT2D eigenvalue weighted by Crippen LogP contribution is 2.48. The number of fused-ring (bicyclic) bond motifs is 4. The molecular weight excluding hydrogens is 402 g/mol. The van der Waals surface area contributed by atoms with E-state index in [9.17, 15) is 15.2 Å². The molecule has 2 aromatic carbocycles. The number of hydrogen-bond donors (Lipinski definition) is 1. The summed E-state index contributed by atoms with van der Waals surface area (Å²) in [6.07, 6.45) is 5.32. The van der Waals surface area contributed by atoms with Crippen LogP contribution in [-0.4, -0.2) is 38.6 Å². The van der Waals surface area contributed by atoms with Crippen LogP contribution in [0, 0.1) is 22.0 Å². The van der Waals surface area contributed by atoms with Gasteiger partial charge in [0, 0.05) is 48.0 Å². The molecule has 3 aromatic rings. The Balaban J connectivity index is 1.52. The van der Waals surface area contributed by atoms with Gasteiger partial charge in [0.15, 0.2) is 0 Å². The van der Waals surface area contributed by atoms with E-state index in [2.05, 4.69) is 17.6 Å². The molecule has 0 spiro atoms. The summed E-state index contributed by atoms with van der Waals surface area (Å²) >= 11 is 0. The smallest absolute Gasteiger partial charge is 0.269 e. The Hall–Kier alpha value is -3.09. The van der Waals surface area contributed by atoms with Gasteiger partial charge in [0.1, 0.15) is 18.7 Å². The first kappa shape index (κ1) is 20.8. The number of nitrogens with zero attached hydrogens (tertiary/aromatic N) is 3. The van der Waals surface area contributed by atoms with Gasteiger partial charge in [-0.3, -0.25) is 15.1 Å². The van der Waals surface area contributed by atoms with E-state index < -0.39 is 6.10 Å². The molecule has 32 heavy (non-hydrogen) atoms. The standard InChI is InChI=1S/C26H28N3O3/c1-2-19-17-29(16-18-7-9-21(10-8-18)28(31)32)14-12-20(19)15-25(29)26(30)23-11-13-27-24-6-4-3-5-22(23)24/h2-11,13,19-20,25-26,30H,1,12,14-17H2/q+1/t19-,20?,25?,26-,29?/m0/s1. The maximum atomic E-state index is 11.7. The number of nitro groups is 1. The van der Waals surface area contributed by atoms with Gasteiger partial charge in [-0.05, 0) is 35.7 Å². The van der Waals surface area contributed by atoms with Gasteiger partial charge in [-0.2, -0.15) is 0 Å². The van der Waals surface area contributed by atoms with Gasteiger partial charge in [0.25, 0.3) is 5.69 Å². The Morgan fingerprint density at radius 3 is 2.75 bits per heavy atom. The van der Waals surface area contributed by atoms with Crippen LogP contribution in [0.3, 0.4) is 0 Å². The van der Waals surface area contributed by atoms with E-state index in [1.165, 1.54) is 0 Å². The molecule has 6 rings (SSSR count). The van der Waals surface area contributed by atoms with Crippen molar-refractivity contribution in [3.63, 3.8) is 0 Å². The number of hydrogen-bond acceptors (Lipinski definition) is 4. The molecule has 3 saturated heterocycles. The van der Waals surface area contributed by atoms with E-state index in [-0.39, 0.29) is 16.7 Å². The molecule has 4 heterocycles. The molecule has 6 heteroatoms. The van der Waals surface area contributed by atoms with Gasteiger partial charge >= 0.3 is 0 Å². The maximum absolute atomic E-state index is 11.7. The van der Waals surface area contributed by atoms with Crippen molar-refractivity contribution in [3.8, 4) is 0 Å². The molecule has 3 aliphatic rings. The zero-order chi connectivity index (χ0) is 22.3. The average molecular weight is 431 g/mol. The Morgan fingerprint density at radius 2 is 2.00 bits per heavy atom. The SMILES string of the molecule is C=C[C@H]1C[N+]2(Cc3ccc([N+](=O)[O-])cc3)CCC1CC2[C@@H](O)c1ccnc2ccccc12. The zero-order valence-electron chi connectivity index (χ0n) is 18.0. The van der Waals surface area contributed by atoms with Crippen LogP contribution in [0.15, 0.2) is 73.4 Å². The molecule has 3 fully saturated rings. The van der Waals surface area contributed by atoms with Crippen molar-refractivity contribution in [2.45, 2.75) is 31.5 Å². The fourth-order valence-electron chi connectivity index (χ4n) is 6.05. The highest BCUT2D eigenvalue weighted by molar-refractivity contribution is 5.82. The average Bonchev–Trinajstić information content (AvgIpc) is 2.83. The lowest BCUT2D eigenvalue weighted by Gasteiger charge is -2.58. The quantitative estimate of drug-likeness (QED) is 0.264. The minimum Gasteiger partial charge on any atom is -0.382 e. The van der Waals surface area contributed by atoms with E-state index in [1.807, 2.05) is 42.5 Å². The molecule has 3 unspecified atom stereocenters. The first-order chi connectivity index (χ1) is 15.5. The monoisotopic (exact) mass is 430 g/mol. The summed E-state index contributed by atoms with van der Waals surface area (Å²) in [6.45, 7) is 6.77. The van der Waals surface area contributed by atoms with Crippen molar-refractivity contribution >= 4 is 16.6 Å². The second kappa shape index (κ2) is 8.11. The predicted molar refractivity (Wildman–Crippen MR) is 124 cm³/mol. The van der Waals surface area contributed by atoms with Crippen LogP contribution in [0.1, 0.15) is 30.1 Å². The number of pyridine rings is 1. The molecule has 0 radical (unpaired) electrons. The molecule has 0 amide bonds. The molecule has 1 N–H and O–H groups in total. The number of piperidine rings is 3. The lowest BCUT2D eigenvalue weighted by atomic mass is 9.71. The first-order valence-corrected chi connectivity index (χ1v) is 11.2. The Kier molecular flexibility index (Phi) is 5.27. The van der Waals surface area contributed by atoms with E-state index in [1.54, 1.807) is 18.3 Å². The van der Waals surface area contributed by atoms with Crippen molar-refractivity contribution in [2.75, 3.05) is 13.1 Å². The molecule has 0 aliphatic carbocycles. The minimum atomic E-state index is -0.602. The van der Waals surface area contributed by atoms with E-state index in [0.29, 0.717) is 11.8 Å². The number of aromatic nitrogens is 1. The van der Waals surface area contributed by atoms with Crippen LogP contribution < -0.4 is 0 Å². The summed E-state index contributed by atoms with van der Waals surface area (Å²) in [6, 6.07) is 16.9. The number of benzene rings is 2. The topological polar surface area (TPSA) is 76.3 Å². The second-order valence-electron chi connectivity index (χ2n) is 9.32. The first-order valence-electron chi connectivity index (χ1n) is 11.2. The van der Waals surface area contributed by atoms with Crippen LogP contribution in [0.5, 0.6) is 0 Å². The number of non-ortho nitro benzene ring substituents is 1. The molecule has 1 aromatic heterocycles. The number of aliphatic hydroxyl groups excluding tert-OH is 1. The number of rotatable bonds is 6. The van der Waals surface area contributed by atoms with Gasteiger partial charge in [-0.25, -0.2) is 0 Å². The molecule has 3 aliphatic heterocycles. The third-order valence-electron chi connectivity index (χ3n) is 7.69. The van der Waals surface area contributed by atoms with Gasteiger partial charge < -0.3 is 9.59 Å². The normalized spacial score (nSPS) is 27.8. The Morgan fingerprint density at radius 1 is 1.22 bits per heavy atom. The molecular formula is C26H28N3O3+. The van der Waals surface area contributed by atoms with Crippen molar-refractivity contribution in [1.82, 2.24) is 4.98 Å². The minimum absolute atomic E-state index is 0.0611. The second-order valence-corrected chi connectivity index (χ2v) is 9.32. The number of aliphatic hydroxyl groups is 1. The summed E-state index contributed by atoms with van der Waals surface area (Å²) in [4.78, 5) is 15.2. The fourth-order valence-corrected chi connectivity index (χ4v) is 6.05. The van der Waals surface area contributed by atoms with Crippen molar-refractivity contribution in [3.05, 3.63) is 94.7 Å². The largest absolute Gasteiger partial charge is 0.382 e. The number of quaternary nitrogens is 1. The summed E-state index contributed by atoms with van der Waals surface area (Å²) in [7, 11) is 0. The predicted octanol–water partition coefficient (Wildman–Crippen LogP) is 4.79. The highest BCUT2D eigenvalue weighted by atomic mass is 16.6. The van der Waals surface area contributed by atoms with Crippen molar-refractivity contribution in [1.29, 1.82) is 0 Å². The summed E-state index contributed by atoms with van der Waals surface area (Å²) in [5.41, 5.74) is 3.00. The van der Waals surface area contributed by atoms with E-state index in [0.717, 1.165) is 59.0 Å². The van der Waals surface area contributed by atoms with Crippen LogP contribution in [-0.2, 0) is 6.54 Å². The Bertz CT molecular complexity index is 1160. The van der Waals surface area contributed by atoms with Gasteiger partial charge in [-0.1, -0.05) is 24.3 Å². The summed E-state index contributed by atoms with van der Waals surface area (Å²) in [5.74, 6) is 0.969. The molecule has 5 atom stereocenters. The van der Waals surface area contributed by atoms with Crippen LogP contribution in [0.2, 0.25) is 0 Å². The Labute approximate surface area is 187 Å². The van der Waals surface area contributed by atoms with Gasteiger partial charge in [-0.15, -0.1) is 6.58 Å². The van der Waals surface area contributed by atoms with Crippen LogP contribution in [0.25, 0.3) is 10.9 Å². The summed E-state index contributed by atoms with van der Waals surface area (Å²) in [5, 5.41) is 23.8. The maximum Gasteiger partial charge on any atom is 0.269 e. The fraction of sp³-hybridized carbons (Fsp3) is 0.346. The molecule has 164 valence electrons. The zero-order valence-corrected chi connectivity index (χ0v) is 18.0. The highest BCUT2D eigenvalue weighted by Gasteiger charge is 2.54. The lowest BCUT2D eigenvalue weighted by molar-refractivity contribution is -0.984. The van der Waals surface area contributed by atoms with E-state index in [4.69, 9.17) is 0 Å². The number of nitro benzene ring substituents is 1. The summed E-state index contributed by atoms with van der Waals surface area (Å²) < 4.78 is 0.781. The van der Waals surface area contributed by atoms with E-state index >= 15 is 0 Å². The van der Waals surface area contributed by atoms with Gasteiger partial charge in [0.05, 0.1) is 23.5 Å². The van der Waals surface area contributed by atoms with Crippen molar-refractivity contribution in [2.24, 2.45) is 11.8 Å². The van der Waals surface area contributed by atoms with Crippen LogP contribution in [0.4, 0.5) is 5.69 Å². The third kappa shape index (κ3) is 3.49. The molecule has 2 bridgehead atoms. The molecule has 6 nitrogen and oxygen atoms in total. The lowest BCUT2D eigenvalue weighted by Crippen LogP contribution is -2.67. The number of para-hydroxylation sites is 1. The molecule has 0 saturated carbocycles. The third-order valence-corrected chi connectivity index (χ3v) is 7.69. The van der Waals surface area contributed by atoms with Crippen LogP contribution >= 0.6 is 0 Å². The van der Waals surface area contributed by atoms with Crippen molar-refractivity contribution < 1.29 is 14.5 Å².